The Hall–Kier alpha value is -0.880. The lowest BCUT2D eigenvalue weighted by molar-refractivity contribution is 0.208. The van der Waals surface area contributed by atoms with Gasteiger partial charge in [0.05, 0.1) is 12.9 Å². The maximum Gasteiger partial charge on any atom is 0.268 e. The minimum Gasteiger partial charge on any atom is -0.476 e. The molecule has 1 aromatic rings. The molecule has 1 heterocycles. The van der Waals surface area contributed by atoms with Crippen LogP contribution >= 0.6 is 15.9 Å². The summed E-state index contributed by atoms with van der Waals surface area (Å²) >= 11 is 3.17. The van der Waals surface area contributed by atoms with E-state index in [-0.39, 0.29) is 5.56 Å². The number of ether oxygens (including phenoxy) is 1. The number of aromatic amines is 1. The Bertz CT molecular complexity index is 435. The van der Waals surface area contributed by atoms with E-state index in [9.17, 15) is 4.79 Å². The van der Waals surface area contributed by atoms with Crippen LogP contribution in [0.15, 0.2) is 15.6 Å². The molecule has 0 bridgehead atoms. The van der Waals surface area contributed by atoms with Crippen LogP contribution < -0.4 is 16.0 Å². The average molecular weight is 302 g/mol. The molecular weight excluding hydrogens is 286 g/mol. The first kappa shape index (κ1) is 12.6. The Morgan fingerprint density at radius 3 is 3.06 bits per heavy atom. The first-order chi connectivity index (χ1) is 8.22. The number of aromatic nitrogens is 2. The van der Waals surface area contributed by atoms with E-state index in [2.05, 4.69) is 25.9 Å². The highest BCUT2D eigenvalue weighted by atomic mass is 79.9. The Morgan fingerprint density at radius 2 is 2.29 bits per heavy atom. The molecule has 3 N–H and O–H groups in total. The molecule has 1 fully saturated rings. The highest BCUT2D eigenvalue weighted by Crippen LogP contribution is 2.31. The SMILES string of the molecule is NCC1CCCC1COc1nc[nH]c(=O)c1Br. The van der Waals surface area contributed by atoms with Crippen molar-refractivity contribution >= 4 is 15.9 Å². The van der Waals surface area contributed by atoms with Crippen LogP contribution in [0.5, 0.6) is 5.88 Å². The van der Waals surface area contributed by atoms with Crippen LogP contribution in [-0.2, 0) is 0 Å². The molecule has 1 aliphatic rings. The van der Waals surface area contributed by atoms with Crippen LogP contribution in [0.1, 0.15) is 19.3 Å². The van der Waals surface area contributed by atoms with E-state index < -0.39 is 0 Å². The molecule has 2 unspecified atom stereocenters. The molecule has 0 aliphatic heterocycles. The monoisotopic (exact) mass is 301 g/mol. The molecular formula is C11H16BrN3O2. The van der Waals surface area contributed by atoms with Crippen molar-refractivity contribution in [2.24, 2.45) is 17.6 Å². The van der Waals surface area contributed by atoms with Crippen molar-refractivity contribution in [2.75, 3.05) is 13.2 Å². The van der Waals surface area contributed by atoms with E-state index >= 15 is 0 Å². The van der Waals surface area contributed by atoms with Crippen molar-refractivity contribution < 1.29 is 4.74 Å². The maximum atomic E-state index is 11.3. The maximum absolute atomic E-state index is 11.3. The lowest BCUT2D eigenvalue weighted by Crippen LogP contribution is -2.24. The molecule has 2 atom stereocenters. The number of nitrogens with two attached hydrogens (primary N) is 1. The van der Waals surface area contributed by atoms with E-state index in [1.54, 1.807) is 0 Å². The van der Waals surface area contributed by atoms with Gasteiger partial charge in [-0.05, 0) is 47.2 Å². The van der Waals surface area contributed by atoms with E-state index in [1.807, 2.05) is 0 Å². The first-order valence-electron chi connectivity index (χ1n) is 5.78. The summed E-state index contributed by atoms with van der Waals surface area (Å²) in [5.74, 6) is 1.38. The normalized spacial score (nSPS) is 23.9. The van der Waals surface area contributed by atoms with E-state index in [1.165, 1.54) is 19.2 Å². The molecule has 94 valence electrons. The summed E-state index contributed by atoms with van der Waals surface area (Å²) in [6.45, 7) is 1.29. The number of halogens is 1. The zero-order valence-corrected chi connectivity index (χ0v) is 11.1. The fourth-order valence-electron chi connectivity index (χ4n) is 2.30. The summed E-state index contributed by atoms with van der Waals surface area (Å²) in [7, 11) is 0. The summed E-state index contributed by atoms with van der Waals surface area (Å²) < 4.78 is 5.95. The molecule has 6 heteroatoms. The molecule has 1 aliphatic carbocycles. The predicted octanol–water partition coefficient (Wildman–Crippen LogP) is 1.29. The number of hydrogen-bond donors (Lipinski definition) is 2. The molecule has 0 spiro atoms. The topological polar surface area (TPSA) is 81.0 Å². The molecule has 2 rings (SSSR count). The fourth-order valence-corrected chi connectivity index (χ4v) is 2.63. The molecule has 5 nitrogen and oxygen atoms in total. The van der Waals surface area contributed by atoms with Crippen molar-refractivity contribution in [3.05, 3.63) is 21.2 Å². The van der Waals surface area contributed by atoms with Gasteiger partial charge in [-0.1, -0.05) is 6.42 Å². The summed E-state index contributed by atoms with van der Waals surface area (Å²) in [5, 5.41) is 0. The van der Waals surface area contributed by atoms with Gasteiger partial charge in [0.1, 0.15) is 4.47 Å². The minimum absolute atomic E-state index is 0.225. The quantitative estimate of drug-likeness (QED) is 0.878. The van der Waals surface area contributed by atoms with Gasteiger partial charge in [0.25, 0.3) is 5.56 Å². The van der Waals surface area contributed by atoms with Gasteiger partial charge in [-0.15, -0.1) is 0 Å². The Balaban J connectivity index is 1.98. The fraction of sp³-hybridized carbons (Fsp3) is 0.636. The van der Waals surface area contributed by atoms with E-state index in [0.29, 0.717) is 35.3 Å². The second-order valence-electron chi connectivity index (χ2n) is 4.35. The number of hydrogen-bond acceptors (Lipinski definition) is 4. The molecule has 0 aromatic carbocycles. The van der Waals surface area contributed by atoms with Crippen molar-refractivity contribution in [3.8, 4) is 5.88 Å². The molecule has 0 amide bonds. The van der Waals surface area contributed by atoms with E-state index in [4.69, 9.17) is 10.5 Å². The van der Waals surface area contributed by atoms with Gasteiger partial charge in [0.15, 0.2) is 0 Å². The van der Waals surface area contributed by atoms with Crippen LogP contribution in [0.25, 0.3) is 0 Å². The Labute approximate surface area is 108 Å². The van der Waals surface area contributed by atoms with Crippen molar-refractivity contribution in [1.29, 1.82) is 0 Å². The van der Waals surface area contributed by atoms with Crippen LogP contribution in [0.2, 0.25) is 0 Å². The number of nitrogens with one attached hydrogen (secondary N) is 1. The highest BCUT2D eigenvalue weighted by Gasteiger charge is 2.26. The summed E-state index contributed by atoms with van der Waals surface area (Å²) in [5.41, 5.74) is 5.49. The Morgan fingerprint density at radius 1 is 1.53 bits per heavy atom. The third-order valence-corrected chi connectivity index (χ3v) is 4.02. The van der Waals surface area contributed by atoms with Gasteiger partial charge in [-0.2, -0.15) is 0 Å². The van der Waals surface area contributed by atoms with Crippen molar-refractivity contribution in [2.45, 2.75) is 19.3 Å². The van der Waals surface area contributed by atoms with Crippen LogP contribution in [0.4, 0.5) is 0 Å². The predicted molar refractivity (Wildman–Crippen MR) is 67.9 cm³/mol. The zero-order valence-electron chi connectivity index (χ0n) is 9.49. The minimum atomic E-state index is -0.225. The number of H-pyrrole nitrogens is 1. The molecule has 0 radical (unpaired) electrons. The Kier molecular flexibility index (Phi) is 4.17. The van der Waals surface area contributed by atoms with Crippen molar-refractivity contribution in [3.63, 3.8) is 0 Å². The smallest absolute Gasteiger partial charge is 0.268 e. The van der Waals surface area contributed by atoms with E-state index in [0.717, 1.165) is 6.42 Å². The third-order valence-electron chi connectivity index (χ3n) is 3.32. The van der Waals surface area contributed by atoms with Gasteiger partial charge >= 0.3 is 0 Å². The number of nitrogens with zero attached hydrogens (tertiary/aromatic N) is 1. The van der Waals surface area contributed by atoms with Gasteiger partial charge in [0, 0.05) is 0 Å². The van der Waals surface area contributed by atoms with Gasteiger partial charge in [0.2, 0.25) is 5.88 Å². The summed E-state index contributed by atoms with van der Waals surface area (Å²) in [6, 6.07) is 0. The second kappa shape index (κ2) is 5.64. The van der Waals surface area contributed by atoms with Gasteiger partial charge < -0.3 is 15.5 Å². The molecule has 1 saturated carbocycles. The molecule has 17 heavy (non-hydrogen) atoms. The zero-order chi connectivity index (χ0) is 12.3. The van der Waals surface area contributed by atoms with Gasteiger partial charge in [-0.3, -0.25) is 4.79 Å². The summed E-state index contributed by atoms with van der Waals surface area (Å²) in [4.78, 5) is 17.8. The lowest BCUT2D eigenvalue weighted by atomic mass is 9.97. The third kappa shape index (κ3) is 2.87. The van der Waals surface area contributed by atoms with Crippen LogP contribution in [0, 0.1) is 11.8 Å². The lowest BCUT2D eigenvalue weighted by Gasteiger charge is -2.17. The summed E-state index contributed by atoms with van der Waals surface area (Å²) in [6.07, 6.45) is 4.87. The molecule has 0 saturated heterocycles. The molecule has 1 aromatic heterocycles. The number of rotatable bonds is 4. The first-order valence-corrected chi connectivity index (χ1v) is 6.57. The van der Waals surface area contributed by atoms with Crippen LogP contribution in [-0.4, -0.2) is 23.1 Å². The second-order valence-corrected chi connectivity index (χ2v) is 5.14. The van der Waals surface area contributed by atoms with Crippen LogP contribution in [0.3, 0.4) is 0 Å². The van der Waals surface area contributed by atoms with Crippen molar-refractivity contribution in [1.82, 2.24) is 9.97 Å². The average Bonchev–Trinajstić information content (AvgIpc) is 2.78. The standard InChI is InChI=1S/C11H16BrN3O2/c12-9-10(16)14-6-15-11(9)17-5-8-3-1-2-7(8)4-13/h6-8H,1-5,13H2,(H,14,15,16). The highest BCUT2D eigenvalue weighted by molar-refractivity contribution is 9.10. The largest absolute Gasteiger partial charge is 0.476 e. The van der Waals surface area contributed by atoms with Gasteiger partial charge in [-0.25, -0.2) is 4.98 Å².